The van der Waals surface area contributed by atoms with Crippen LogP contribution in [0.15, 0.2) is 16.0 Å². The molecule has 1 aromatic rings. The molecule has 0 N–H and O–H groups in total. The average Bonchev–Trinajstić information content (AvgIpc) is 2.76. The zero-order valence-electron chi connectivity index (χ0n) is 10.3. The summed E-state index contributed by atoms with van der Waals surface area (Å²) in [6.45, 7) is 1.73. The van der Waals surface area contributed by atoms with Crippen molar-refractivity contribution in [3.8, 4) is 0 Å². The van der Waals surface area contributed by atoms with Gasteiger partial charge in [0.05, 0.1) is 7.11 Å². The summed E-state index contributed by atoms with van der Waals surface area (Å²) in [5.74, 6) is 0.389. The zero-order valence-corrected chi connectivity index (χ0v) is 11.9. The number of nitrogens with zero attached hydrogens (tertiary/aromatic N) is 3. The van der Waals surface area contributed by atoms with E-state index in [1.807, 2.05) is 25.1 Å². The molecule has 0 radical (unpaired) electrons. The third-order valence-corrected chi connectivity index (χ3v) is 4.03. The first-order valence-electron chi connectivity index (χ1n) is 4.93. The molecule has 5 nitrogen and oxygen atoms in total. The first kappa shape index (κ1) is 14.0. The van der Waals surface area contributed by atoms with Gasteiger partial charge in [0.1, 0.15) is 0 Å². The van der Waals surface area contributed by atoms with E-state index in [0.29, 0.717) is 11.3 Å². The Balaban J connectivity index is 2.48. The molecule has 0 atom stereocenters. The lowest BCUT2D eigenvalue weighted by molar-refractivity contribution is -0.136. The summed E-state index contributed by atoms with van der Waals surface area (Å²) < 4.78 is 5.49. The maximum Gasteiger partial charge on any atom is 0.333 e. The van der Waals surface area contributed by atoms with E-state index in [1.165, 1.54) is 18.4 Å². The molecule has 0 unspecified atom stereocenters. The van der Waals surface area contributed by atoms with Crippen LogP contribution in [0.4, 0.5) is 5.13 Å². The van der Waals surface area contributed by atoms with Crippen molar-refractivity contribution in [3.05, 3.63) is 11.6 Å². The second-order valence-electron chi connectivity index (χ2n) is 3.43. The number of esters is 1. The largest absolute Gasteiger partial charge is 0.466 e. The van der Waals surface area contributed by atoms with Gasteiger partial charge in [-0.15, -0.1) is 10.2 Å². The topological polar surface area (TPSA) is 55.3 Å². The highest BCUT2D eigenvalue weighted by molar-refractivity contribution is 8.01. The monoisotopic (exact) mass is 273 g/mol. The number of hydrogen-bond donors (Lipinski definition) is 0. The first-order valence-corrected chi connectivity index (χ1v) is 6.73. The van der Waals surface area contributed by atoms with Gasteiger partial charge in [0, 0.05) is 25.4 Å². The number of hydrogen-bond acceptors (Lipinski definition) is 7. The minimum absolute atomic E-state index is 0.295. The maximum absolute atomic E-state index is 11.1. The van der Waals surface area contributed by atoms with Crippen molar-refractivity contribution >= 4 is 34.2 Å². The standard InChI is InChI=1S/C10H15N3O2S2/c1-7(8(14)15-4)5-6-16-10-12-11-9(17-10)13(2)3/h5H,6H2,1-4H3. The SMILES string of the molecule is COC(=O)C(C)=CCSc1nnc(N(C)C)s1. The van der Waals surface area contributed by atoms with Crippen LogP contribution in [0, 0.1) is 0 Å². The fraction of sp³-hybridized carbons (Fsp3) is 0.500. The Bertz CT molecular complexity index is 415. The molecule has 1 rings (SSSR count). The highest BCUT2D eigenvalue weighted by atomic mass is 32.2. The summed E-state index contributed by atoms with van der Waals surface area (Å²) in [6.07, 6.45) is 1.83. The molecule has 0 amide bonds. The average molecular weight is 273 g/mol. The number of carbonyl (C=O) groups is 1. The molecule has 1 aromatic heterocycles. The Hall–Kier alpha value is -1.08. The van der Waals surface area contributed by atoms with Crippen LogP contribution in [-0.2, 0) is 9.53 Å². The summed E-state index contributed by atoms with van der Waals surface area (Å²) in [6, 6.07) is 0. The van der Waals surface area contributed by atoms with E-state index in [9.17, 15) is 4.79 Å². The zero-order chi connectivity index (χ0) is 12.8. The Kier molecular flexibility index (Phi) is 5.43. The third-order valence-electron chi connectivity index (χ3n) is 1.88. The summed E-state index contributed by atoms with van der Waals surface area (Å²) >= 11 is 3.08. The summed E-state index contributed by atoms with van der Waals surface area (Å²) in [7, 11) is 5.23. The quantitative estimate of drug-likeness (QED) is 0.463. The van der Waals surface area contributed by atoms with Crippen molar-refractivity contribution < 1.29 is 9.53 Å². The lowest BCUT2D eigenvalue weighted by Crippen LogP contribution is -2.07. The minimum atomic E-state index is -0.295. The number of methoxy groups -OCH3 is 1. The van der Waals surface area contributed by atoms with E-state index in [4.69, 9.17) is 0 Å². The maximum atomic E-state index is 11.1. The second-order valence-corrected chi connectivity index (χ2v) is 5.66. The van der Waals surface area contributed by atoms with Crippen LogP contribution in [0.2, 0.25) is 0 Å². The highest BCUT2D eigenvalue weighted by Crippen LogP contribution is 2.26. The molecule has 0 fully saturated rings. The van der Waals surface area contributed by atoms with E-state index in [-0.39, 0.29) is 5.97 Å². The Labute approximate surface area is 109 Å². The molecule has 7 heteroatoms. The molecule has 0 bridgehead atoms. The van der Waals surface area contributed by atoms with Crippen molar-refractivity contribution in [1.82, 2.24) is 10.2 Å². The number of rotatable bonds is 5. The number of ether oxygens (including phenoxy) is 1. The fourth-order valence-corrected chi connectivity index (χ4v) is 2.66. The van der Waals surface area contributed by atoms with Crippen LogP contribution in [0.5, 0.6) is 0 Å². The van der Waals surface area contributed by atoms with E-state index in [0.717, 1.165) is 9.47 Å². The van der Waals surface area contributed by atoms with Gasteiger partial charge in [0.2, 0.25) is 5.13 Å². The van der Waals surface area contributed by atoms with Gasteiger partial charge in [-0.25, -0.2) is 4.79 Å². The number of carbonyl (C=O) groups excluding carboxylic acids is 1. The lowest BCUT2D eigenvalue weighted by Gasteiger charge is -2.03. The Morgan fingerprint density at radius 1 is 1.53 bits per heavy atom. The molecule has 0 aromatic carbocycles. The van der Waals surface area contributed by atoms with Gasteiger partial charge in [-0.3, -0.25) is 0 Å². The fourth-order valence-electron chi connectivity index (χ4n) is 0.924. The number of aromatic nitrogens is 2. The van der Waals surface area contributed by atoms with E-state index >= 15 is 0 Å². The van der Waals surface area contributed by atoms with Crippen LogP contribution in [0.3, 0.4) is 0 Å². The summed E-state index contributed by atoms with van der Waals surface area (Å²) in [4.78, 5) is 13.0. The molecule has 0 saturated carbocycles. The molecule has 0 saturated heterocycles. The van der Waals surface area contributed by atoms with Crippen molar-refractivity contribution in [3.63, 3.8) is 0 Å². The molecule has 0 aliphatic rings. The van der Waals surface area contributed by atoms with Gasteiger partial charge in [0.15, 0.2) is 4.34 Å². The molecule has 1 heterocycles. The van der Waals surface area contributed by atoms with Gasteiger partial charge in [0.25, 0.3) is 0 Å². The van der Waals surface area contributed by atoms with Gasteiger partial charge in [-0.05, 0) is 6.92 Å². The third kappa shape index (κ3) is 4.35. The minimum Gasteiger partial charge on any atom is -0.466 e. The molecule has 17 heavy (non-hydrogen) atoms. The van der Waals surface area contributed by atoms with Crippen LogP contribution in [0.25, 0.3) is 0 Å². The predicted octanol–water partition coefficient (Wildman–Crippen LogP) is 1.82. The van der Waals surface area contributed by atoms with Crippen molar-refractivity contribution in [2.75, 3.05) is 31.9 Å². The van der Waals surface area contributed by atoms with Crippen molar-refractivity contribution in [1.29, 1.82) is 0 Å². The van der Waals surface area contributed by atoms with Gasteiger partial charge in [-0.2, -0.15) is 0 Å². The molecule has 0 aliphatic carbocycles. The lowest BCUT2D eigenvalue weighted by atomic mass is 10.3. The first-order chi connectivity index (χ1) is 8.04. The molecule has 0 aliphatic heterocycles. The van der Waals surface area contributed by atoms with Gasteiger partial charge >= 0.3 is 5.97 Å². The number of anilines is 1. The van der Waals surface area contributed by atoms with Gasteiger partial charge < -0.3 is 9.64 Å². The molecule has 94 valence electrons. The Morgan fingerprint density at radius 2 is 2.24 bits per heavy atom. The second kappa shape index (κ2) is 6.61. The Morgan fingerprint density at radius 3 is 2.76 bits per heavy atom. The van der Waals surface area contributed by atoms with E-state index in [1.54, 1.807) is 18.7 Å². The van der Waals surface area contributed by atoms with E-state index in [2.05, 4.69) is 14.9 Å². The van der Waals surface area contributed by atoms with Crippen molar-refractivity contribution in [2.45, 2.75) is 11.3 Å². The van der Waals surface area contributed by atoms with Crippen LogP contribution in [0.1, 0.15) is 6.92 Å². The predicted molar refractivity (Wildman–Crippen MR) is 70.7 cm³/mol. The molecular formula is C10H15N3O2S2. The van der Waals surface area contributed by atoms with Gasteiger partial charge in [-0.1, -0.05) is 29.2 Å². The highest BCUT2D eigenvalue weighted by Gasteiger charge is 2.06. The van der Waals surface area contributed by atoms with Crippen LogP contribution >= 0.6 is 23.1 Å². The summed E-state index contributed by atoms with van der Waals surface area (Å²) in [5, 5.41) is 8.95. The van der Waals surface area contributed by atoms with Crippen LogP contribution in [-0.4, -0.2) is 43.1 Å². The van der Waals surface area contributed by atoms with E-state index < -0.39 is 0 Å². The van der Waals surface area contributed by atoms with Crippen LogP contribution < -0.4 is 4.90 Å². The summed E-state index contributed by atoms with van der Waals surface area (Å²) in [5.41, 5.74) is 0.609. The van der Waals surface area contributed by atoms with Crippen molar-refractivity contribution in [2.24, 2.45) is 0 Å². The molecule has 0 spiro atoms. The normalized spacial score (nSPS) is 11.4. The molecular weight excluding hydrogens is 258 g/mol. The number of thioether (sulfide) groups is 1. The smallest absolute Gasteiger partial charge is 0.333 e.